The second kappa shape index (κ2) is 9.59. The first kappa shape index (κ1) is 20.9. The first-order valence-corrected chi connectivity index (χ1v) is 9.60. The summed E-state index contributed by atoms with van der Waals surface area (Å²) in [7, 11) is 0. The van der Waals surface area contributed by atoms with Crippen LogP contribution >= 0.6 is 12.4 Å². The number of anilines is 1. The Hall–Kier alpha value is -2.82. The van der Waals surface area contributed by atoms with Gasteiger partial charge in [0.25, 0.3) is 0 Å². The highest BCUT2D eigenvalue weighted by Crippen LogP contribution is 2.30. The normalized spacial score (nSPS) is 18.0. The highest BCUT2D eigenvalue weighted by atomic mass is 35.5. The Balaban J connectivity index is 0.00000240. The van der Waals surface area contributed by atoms with Crippen LogP contribution in [0.2, 0.25) is 0 Å². The molecular formula is C24H25ClN2O2. The van der Waals surface area contributed by atoms with Crippen molar-refractivity contribution in [1.82, 2.24) is 5.32 Å². The smallest absolute Gasteiger partial charge is 0.229 e. The van der Waals surface area contributed by atoms with Gasteiger partial charge in [0.2, 0.25) is 5.91 Å². The van der Waals surface area contributed by atoms with Gasteiger partial charge in [0, 0.05) is 30.8 Å². The number of benzene rings is 3. The van der Waals surface area contributed by atoms with E-state index in [9.17, 15) is 4.79 Å². The zero-order valence-corrected chi connectivity index (χ0v) is 17.1. The fourth-order valence-corrected chi connectivity index (χ4v) is 3.69. The van der Waals surface area contributed by atoms with Gasteiger partial charge < -0.3 is 15.4 Å². The third-order valence-corrected chi connectivity index (χ3v) is 5.11. The monoisotopic (exact) mass is 408 g/mol. The number of carbonyl (C=O) groups is 1. The molecule has 1 saturated heterocycles. The van der Waals surface area contributed by atoms with E-state index in [1.54, 1.807) is 0 Å². The van der Waals surface area contributed by atoms with Gasteiger partial charge >= 0.3 is 0 Å². The summed E-state index contributed by atoms with van der Waals surface area (Å²) >= 11 is 0. The summed E-state index contributed by atoms with van der Waals surface area (Å²) in [6.07, 6.45) is 0. The molecule has 5 heteroatoms. The Kier molecular flexibility index (Phi) is 6.91. The summed E-state index contributed by atoms with van der Waals surface area (Å²) in [6.45, 7) is 3.53. The fraction of sp³-hybridized carbons (Fsp3) is 0.208. The zero-order valence-electron chi connectivity index (χ0n) is 16.3. The van der Waals surface area contributed by atoms with Gasteiger partial charge in [-0.15, -0.1) is 12.4 Å². The molecule has 0 saturated carbocycles. The van der Waals surface area contributed by atoms with Crippen LogP contribution in [0.1, 0.15) is 17.0 Å². The standard InChI is InChI=1S/C24H24N2O2.ClH/c1-17-7-5-11-20(13-17)28-21-12-6-10-19(14-21)26-24(27)23-16-25-15-22(23)18-8-3-2-4-9-18;/h2-14,22-23,25H,15-16H2,1H3,(H,26,27);1H. The minimum Gasteiger partial charge on any atom is -0.457 e. The van der Waals surface area contributed by atoms with Gasteiger partial charge in [0.05, 0.1) is 5.92 Å². The van der Waals surface area contributed by atoms with Crippen LogP contribution in [0, 0.1) is 12.8 Å². The molecule has 0 bridgehead atoms. The molecule has 2 unspecified atom stereocenters. The van der Waals surface area contributed by atoms with Crippen molar-refractivity contribution in [3.63, 3.8) is 0 Å². The van der Waals surface area contributed by atoms with E-state index in [0.29, 0.717) is 12.3 Å². The summed E-state index contributed by atoms with van der Waals surface area (Å²) in [5.41, 5.74) is 3.08. The summed E-state index contributed by atoms with van der Waals surface area (Å²) in [5, 5.41) is 6.41. The van der Waals surface area contributed by atoms with E-state index in [2.05, 4.69) is 22.8 Å². The molecule has 4 nitrogen and oxygen atoms in total. The lowest BCUT2D eigenvalue weighted by atomic mass is 9.88. The van der Waals surface area contributed by atoms with Crippen molar-refractivity contribution in [3.8, 4) is 11.5 Å². The van der Waals surface area contributed by atoms with Crippen molar-refractivity contribution >= 4 is 24.0 Å². The molecule has 0 spiro atoms. The zero-order chi connectivity index (χ0) is 19.3. The largest absolute Gasteiger partial charge is 0.457 e. The van der Waals surface area contributed by atoms with E-state index in [1.807, 2.05) is 73.7 Å². The maximum Gasteiger partial charge on any atom is 0.229 e. The summed E-state index contributed by atoms with van der Waals surface area (Å²) in [4.78, 5) is 12.9. The molecule has 1 aliphatic heterocycles. The van der Waals surface area contributed by atoms with Crippen LogP contribution in [0.5, 0.6) is 11.5 Å². The Morgan fingerprint density at radius 3 is 2.41 bits per heavy atom. The number of nitrogens with one attached hydrogen (secondary N) is 2. The average molecular weight is 409 g/mol. The molecule has 0 aromatic heterocycles. The molecule has 3 aromatic carbocycles. The third-order valence-electron chi connectivity index (χ3n) is 5.11. The van der Waals surface area contributed by atoms with E-state index in [1.165, 1.54) is 5.56 Å². The van der Waals surface area contributed by atoms with Crippen LogP contribution in [0.25, 0.3) is 0 Å². The molecule has 3 aromatic rings. The first-order valence-electron chi connectivity index (χ1n) is 9.60. The molecule has 0 aliphatic carbocycles. The molecule has 0 radical (unpaired) electrons. The number of rotatable bonds is 5. The van der Waals surface area contributed by atoms with Crippen molar-refractivity contribution in [2.24, 2.45) is 5.92 Å². The van der Waals surface area contributed by atoms with Gasteiger partial charge in [0.15, 0.2) is 0 Å². The van der Waals surface area contributed by atoms with Crippen molar-refractivity contribution in [1.29, 1.82) is 0 Å². The Morgan fingerprint density at radius 2 is 1.66 bits per heavy atom. The van der Waals surface area contributed by atoms with Crippen molar-refractivity contribution in [3.05, 3.63) is 90.0 Å². The van der Waals surface area contributed by atoms with Crippen LogP contribution in [0.3, 0.4) is 0 Å². The molecule has 1 amide bonds. The van der Waals surface area contributed by atoms with E-state index in [0.717, 1.165) is 23.5 Å². The number of halogens is 1. The van der Waals surface area contributed by atoms with E-state index >= 15 is 0 Å². The predicted octanol–water partition coefficient (Wildman–Crippen LogP) is 5.15. The van der Waals surface area contributed by atoms with E-state index in [-0.39, 0.29) is 30.2 Å². The lowest BCUT2D eigenvalue weighted by Gasteiger charge is -2.19. The fourth-order valence-electron chi connectivity index (χ4n) is 3.69. The molecule has 2 atom stereocenters. The van der Waals surface area contributed by atoms with Crippen molar-refractivity contribution in [2.75, 3.05) is 18.4 Å². The van der Waals surface area contributed by atoms with E-state index < -0.39 is 0 Å². The van der Waals surface area contributed by atoms with Crippen LogP contribution < -0.4 is 15.4 Å². The predicted molar refractivity (Wildman–Crippen MR) is 119 cm³/mol. The number of amides is 1. The molecule has 4 rings (SSSR count). The number of hydrogen-bond acceptors (Lipinski definition) is 3. The molecule has 2 N–H and O–H groups in total. The number of carbonyl (C=O) groups excluding carboxylic acids is 1. The maximum atomic E-state index is 12.9. The minimum absolute atomic E-state index is 0. The Labute approximate surface area is 177 Å². The maximum absolute atomic E-state index is 12.9. The first-order chi connectivity index (χ1) is 13.7. The second-order valence-electron chi connectivity index (χ2n) is 7.22. The molecule has 1 heterocycles. The van der Waals surface area contributed by atoms with Crippen LogP contribution in [-0.2, 0) is 4.79 Å². The highest BCUT2D eigenvalue weighted by Gasteiger charge is 2.33. The second-order valence-corrected chi connectivity index (χ2v) is 7.22. The van der Waals surface area contributed by atoms with Crippen molar-refractivity contribution in [2.45, 2.75) is 12.8 Å². The van der Waals surface area contributed by atoms with Gasteiger partial charge in [-0.1, -0.05) is 48.5 Å². The number of ether oxygens (including phenoxy) is 1. The molecule has 1 fully saturated rings. The molecule has 29 heavy (non-hydrogen) atoms. The van der Waals surface area contributed by atoms with Gasteiger partial charge in [-0.05, 0) is 42.3 Å². The SMILES string of the molecule is Cc1cccc(Oc2cccc(NC(=O)C3CNCC3c3ccccc3)c2)c1.Cl. The lowest BCUT2D eigenvalue weighted by Crippen LogP contribution is -2.28. The van der Waals surface area contributed by atoms with Crippen LogP contribution in [0.4, 0.5) is 5.69 Å². The summed E-state index contributed by atoms with van der Waals surface area (Å²) in [5.74, 6) is 1.61. The quantitative estimate of drug-likeness (QED) is 0.613. The van der Waals surface area contributed by atoms with Crippen molar-refractivity contribution < 1.29 is 9.53 Å². The minimum atomic E-state index is -0.0938. The van der Waals surface area contributed by atoms with Gasteiger partial charge in [-0.2, -0.15) is 0 Å². The van der Waals surface area contributed by atoms with Gasteiger partial charge in [-0.3, -0.25) is 4.79 Å². The molecular weight excluding hydrogens is 384 g/mol. The third kappa shape index (κ3) is 5.17. The van der Waals surface area contributed by atoms with Gasteiger partial charge in [0.1, 0.15) is 11.5 Å². The Morgan fingerprint density at radius 1 is 0.931 bits per heavy atom. The molecule has 150 valence electrons. The van der Waals surface area contributed by atoms with E-state index in [4.69, 9.17) is 4.74 Å². The number of aryl methyl sites for hydroxylation is 1. The van der Waals surface area contributed by atoms with Crippen LogP contribution in [0.15, 0.2) is 78.9 Å². The summed E-state index contributed by atoms with van der Waals surface area (Å²) < 4.78 is 5.93. The van der Waals surface area contributed by atoms with Crippen LogP contribution in [-0.4, -0.2) is 19.0 Å². The highest BCUT2D eigenvalue weighted by molar-refractivity contribution is 5.93. The summed E-state index contributed by atoms with van der Waals surface area (Å²) in [6, 6.07) is 25.7. The van der Waals surface area contributed by atoms with Gasteiger partial charge in [-0.25, -0.2) is 0 Å². The lowest BCUT2D eigenvalue weighted by molar-refractivity contribution is -0.119. The molecule has 1 aliphatic rings. The average Bonchev–Trinajstić information content (AvgIpc) is 3.19. The topological polar surface area (TPSA) is 50.4 Å². The Bertz CT molecular complexity index is 962. The number of hydrogen-bond donors (Lipinski definition) is 2.